The van der Waals surface area contributed by atoms with Crippen LogP contribution in [0.1, 0.15) is 51.8 Å². The number of halogens is 1. The summed E-state index contributed by atoms with van der Waals surface area (Å²) in [6.07, 6.45) is 1.69. The van der Waals surface area contributed by atoms with Gasteiger partial charge in [-0.1, -0.05) is 17.4 Å². The van der Waals surface area contributed by atoms with Crippen molar-refractivity contribution in [3.05, 3.63) is 76.9 Å². The van der Waals surface area contributed by atoms with Gasteiger partial charge in [0.05, 0.1) is 53.2 Å². The predicted molar refractivity (Wildman–Crippen MR) is 161 cm³/mol. The van der Waals surface area contributed by atoms with Crippen LogP contribution < -0.4 is 33.8 Å². The molecule has 1 aromatic heterocycles. The number of ether oxygens (including phenoxy) is 5. The number of carbonyl (C=O) groups is 2. The Morgan fingerprint density at radius 3 is 2.40 bits per heavy atom. The van der Waals surface area contributed by atoms with Gasteiger partial charge in [0.2, 0.25) is 0 Å². The first-order chi connectivity index (χ1) is 20.1. The number of methoxy groups -OCH3 is 1. The van der Waals surface area contributed by atoms with Crippen LogP contribution in [0.5, 0.6) is 23.0 Å². The fourth-order valence-electron chi connectivity index (χ4n) is 4.56. The van der Waals surface area contributed by atoms with Crippen LogP contribution in [0.4, 0.5) is 0 Å². The van der Waals surface area contributed by atoms with Gasteiger partial charge in [-0.15, -0.1) is 0 Å². The second kappa shape index (κ2) is 13.4. The van der Waals surface area contributed by atoms with Crippen molar-refractivity contribution in [3.63, 3.8) is 0 Å². The molecule has 0 aliphatic carbocycles. The van der Waals surface area contributed by atoms with E-state index in [4.69, 9.17) is 23.7 Å². The molecule has 4 rings (SSSR count). The van der Waals surface area contributed by atoms with E-state index in [1.165, 1.54) is 29.9 Å². The first kappa shape index (κ1) is 31.0. The summed E-state index contributed by atoms with van der Waals surface area (Å²) in [6.45, 7) is 9.51. The summed E-state index contributed by atoms with van der Waals surface area (Å²) in [5.74, 6) is 0.560. The molecule has 2 aromatic carbocycles. The lowest BCUT2D eigenvalue weighted by molar-refractivity contribution is -0.139. The van der Waals surface area contributed by atoms with Crippen LogP contribution in [-0.4, -0.2) is 43.4 Å². The number of aromatic nitrogens is 1. The summed E-state index contributed by atoms with van der Waals surface area (Å²) in [6, 6.07) is 7.92. The molecule has 0 saturated heterocycles. The van der Waals surface area contributed by atoms with E-state index >= 15 is 0 Å². The third kappa shape index (κ3) is 6.29. The van der Waals surface area contributed by atoms with Crippen molar-refractivity contribution in [2.45, 2.75) is 40.7 Å². The molecule has 222 valence electrons. The summed E-state index contributed by atoms with van der Waals surface area (Å²) in [5.41, 5.74) is 1.63. The normalized spacial score (nSPS) is 14.6. The van der Waals surface area contributed by atoms with E-state index in [2.05, 4.69) is 20.9 Å². The zero-order chi connectivity index (χ0) is 30.6. The van der Waals surface area contributed by atoms with E-state index in [1.54, 1.807) is 44.2 Å². The molecule has 2 heterocycles. The van der Waals surface area contributed by atoms with Crippen molar-refractivity contribution < 1.29 is 33.3 Å². The minimum Gasteiger partial charge on any atom is -0.493 e. The van der Waals surface area contributed by atoms with Crippen LogP contribution in [0, 0.1) is 0 Å². The van der Waals surface area contributed by atoms with Gasteiger partial charge in [0.25, 0.3) is 5.56 Å². The van der Waals surface area contributed by atoms with Crippen LogP contribution in [-0.2, 0) is 14.3 Å². The summed E-state index contributed by atoms with van der Waals surface area (Å²) in [4.78, 5) is 43.8. The van der Waals surface area contributed by atoms with E-state index < -0.39 is 18.0 Å². The van der Waals surface area contributed by atoms with Gasteiger partial charge < -0.3 is 23.7 Å². The van der Waals surface area contributed by atoms with Crippen LogP contribution in [0.25, 0.3) is 6.08 Å². The average molecular weight is 660 g/mol. The Morgan fingerprint density at radius 2 is 1.76 bits per heavy atom. The number of hydrogen-bond donors (Lipinski definition) is 0. The van der Waals surface area contributed by atoms with Gasteiger partial charge in [-0.05, 0) is 85.1 Å². The molecule has 1 aliphatic rings. The Morgan fingerprint density at radius 1 is 1.05 bits per heavy atom. The van der Waals surface area contributed by atoms with Gasteiger partial charge in [0.15, 0.2) is 27.8 Å². The zero-order valence-electron chi connectivity index (χ0n) is 24.1. The summed E-state index contributed by atoms with van der Waals surface area (Å²) in [7, 11) is 1.46. The largest absolute Gasteiger partial charge is 0.493 e. The standard InChI is InChI=1S/C30H31BrN2O8S/c1-7-38-21-11-10-19(15-22(21)39-8-2)26-25(29(36)40-9-3)16(4)32-30-33(26)28(35)24(42-30)14-18-12-20(31)27(41-17(5)34)23(13-18)37-6/h10-15,26H,7-9H2,1-6H3/b24-14-/t26-/m1/s1. The second-order valence-corrected chi connectivity index (χ2v) is 10.9. The van der Waals surface area contributed by atoms with Crippen LogP contribution >= 0.6 is 27.3 Å². The summed E-state index contributed by atoms with van der Waals surface area (Å²) >= 11 is 4.61. The molecule has 12 heteroatoms. The average Bonchev–Trinajstić information content (AvgIpc) is 3.24. The predicted octanol–water partition coefficient (Wildman–Crippen LogP) is 4.29. The molecule has 0 unspecified atom stereocenters. The quantitative estimate of drug-likeness (QED) is 0.234. The molecular formula is C30H31BrN2O8S. The molecule has 0 fully saturated rings. The Kier molecular flexibility index (Phi) is 9.89. The maximum Gasteiger partial charge on any atom is 0.338 e. The lowest BCUT2D eigenvalue weighted by Crippen LogP contribution is -2.40. The summed E-state index contributed by atoms with van der Waals surface area (Å²) < 4.78 is 30.0. The maximum atomic E-state index is 14.0. The number of carbonyl (C=O) groups excluding carboxylic acids is 2. The smallest absolute Gasteiger partial charge is 0.338 e. The zero-order valence-corrected chi connectivity index (χ0v) is 26.5. The molecule has 3 aromatic rings. The van der Waals surface area contributed by atoms with Crippen molar-refractivity contribution in [1.29, 1.82) is 0 Å². The lowest BCUT2D eigenvalue weighted by atomic mass is 9.95. The van der Waals surface area contributed by atoms with Crippen molar-refractivity contribution in [2.75, 3.05) is 26.9 Å². The van der Waals surface area contributed by atoms with Crippen molar-refractivity contribution in [1.82, 2.24) is 4.57 Å². The minimum atomic E-state index is -0.815. The highest BCUT2D eigenvalue weighted by molar-refractivity contribution is 9.10. The van der Waals surface area contributed by atoms with Crippen LogP contribution in [0.3, 0.4) is 0 Å². The number of fused-ring (bicyclic) bond motifs is 1. The number of thiazole rings is 1. The van der Waals surface area contributed by atoms with E-state index in [0.717, 1.165) is 0 Å². The van der Waals surface area contributed by atoms with Crippen molar-refractivity contribution in [2.24, 2.45) is 4.99 Å². The van der Waals surface area contributed by atoms with Crippen molar-refractivity contribution >= 4 is 45.3 Å². The molecule has 1 aliphatic heterocycles. The molecule has 0 bridgehead atoms. The molecule has 0 amide bonds. The van der Waals surface area contributed by atoms with Crippen LogP contribution in [0.2, 0.25) is 0 Å². The first-order valence-corrected chi connectivity index (χ1v) is 14.9. The van der Waals surface area contributed by atoms with Crippen molar-refractivity contribution in [3.8, 4) is 23.0 Å². The number of nitrogens with zero attached hydrogens (tertiary/aromatic N) is 2. The lowest BCUT2D eigenvalue weighted by Gasteiger charge is -2.25. The Balaban J connectivity index is 1.93. The molecule has 10 nitrogen and oxygen atoms in total. The fraction of sp³-hybridized carbons (Fsp3) is 0.333. The van der Waals surface area contributed by atoms with E-state index in [9.17, 15) is 14.4 Å². The number of esters is 2. The molecule has 0 N–H and O–H groups in total. The molecule has 0 saturated carbocycles. The number of rotatable bonds is 10. The molecular weight excluding hydrogens is 628 g/mol. The number of hydrogen-bond acceptors (Lipinski definition) is 10. The SMILES string of the molecule is CCOC(=O)C1=C(C)N=c2s/c(=C\c3cc(Br)c(OC(C)=O)c(OC)c3)c(=O)n2[C@@H]1c1ccc(OCC)c(OCC)c1. The van der Waals surface area contributed by atoms with Gasteiger partial charge in [-0.3, -0.25) is 14.2 Å². The van der Waals surface area contributed by atoms with Gasteiger partial charge in [-0.25, -0.2) is 9.79 Å². The van der Waals surface area contributed by atoms with Gasteiger partial charge in [0.1, 0.15) is 0 Å². The molecule has 42 heavy (non-hydrogen) atoms. The molecule has 1 atom stereocenters. The Bertz CT molecular complexity index is 1740. The van der Waals surface area contributed by atoms with E-state index in [1.807, 2.05) is 19.9 Å². The third-order valence-electron chi connectivity index (χ3n) is 6.20. The maximum absolute atomic E-state index is 14.0. The van der Waals surface area contributed by atoms with E-state index in [-0.39, 0.29) is 23.5 Å². The topological polar surface area (TPSA) is 115 Å². The van der Waals surface area contributed by atoms with Crippen LogP contribution in [0.15, 0.2) is 55.9 Å². The fourth-order valence-corrected chi connectivity index (χ4v) is 6.15. The highest BCUT2D eigenvalue weighted by atomic mass is 79.9. The highest BCUT2D eigenvalue weighted by Gasteiger charge is 2.34. The van der Waals surface area contributed by atoms with Gasteiger partial charge in [0, 0.05) is 6.92 Å². The number of benzene rings is 2. The number of allylic oxidation sites excluding steroid dienone is 1. The third-order valence-corrected chi connectivity index (χ3v) is 7.77. The first-order valence-electron chi connectivity index (χ1n) is 13.3. The monoisotopic (exact) mass is 658 g/mol. The van der Waals surface area contributed by atoms with Gasteiger partial charge in [-0.2, -0.15) is 0 Å². The second-order valence-electron chi connectivity index (χ2n) is 9.00. The molecule has 0 spiro atoms. The summed E-state index contributed by atoms with van der Waals surface area (Å²) in [5, 5.41) is 0. The van der Waals surface area contributed by atoms with Gasteiger partial charge >= 0.3 is 11.9 Å². The Labute approximate surface area is 255 Å². The minimum absolute atomic E-state index is 0.167. The van der Waals surface area contributed by atoms with E-state index in [0.29, 0.717) is 61.1 Å². The Hall–Kier alpha value is -3.90. The highest BCUT2D eigenvalue weighted by Crippen LogP contribution is 2.38. The molecule has 0 radical (unpaired) electrons.